The first-order chi connectivity index (χ1) is 14.7. The number of piperidine rings is 1. The number of hydrogen-bond acceptors (Lipinski definition) is 5. The molecule has 3 aromatic rings. The first-order valence-corrected chi connectivity index (χ1v) is 11.5. The van der Waals surface area contributed by atoms with Crippen LogP contribution in [-0.4, -0.2) is 39.3 Å². The normalized spacial score (nSPS) is 20.7. The van der Waals surface area contributed by atoms with Crippen LogP contribution in [0.5, 0.6) is 0 Å². The maximum Gasteiger partial charge on any atom is 0.151 e. The average Bonchev–Trinajstić information content (AvgIpc) is 3.56. The second kappa shape index (κ2) is 7.27. The Bertz CT molecular complexity index is 1080. The van der Waals surface area contributed by atoms with E-state index in [1.807, 2.05) is 6.20 Å². The quantitative estimate of drug-likeness (QED) is 0.625. The Morgan fingerprint density at radius 3 is 2.29 bits per heavy atom. The fourth-order valence-electron chi connectivity index (χ4n) is 5.32. The second-order valence-electron chi connectivity index (χ2n) is 10.8. The molecule has 0 atom stereocenters. The molecular formula is C26H33N5. The molecule has 5 rings (SSSR count). The number of nitrogens with one attached hydrogen (secondary N) is 1. The van der Waals surface area contributed by atoms with E-state index in [2.05, 4.69) is 96.5 Å². The van der Waals surface area contributed by atoms with Crippen LogP contribution in [0.15, 0.2) is 42.6 Å². The van der Waals surface area contributed by atoms with Gasteiger partial charge in [0.05, 0.1) is 5.69 Å². The molecule has 2 aromatic heterocycles. The molecular weight excluding hydrogens is 382 g/mol. The maximum absolute atomic E-state index is 4.67. The Morgan fingerprint density at radius 2 is 1.65 bits per heavy atom. The highest BCUT2D eigenvalue weighted by Gasteiger charge is 2.39. The van der Waals surface area contributed by atoms with Gasteiger partial charge in [-0.1, -0.05) is 12.1 Å². The number of aromatic nitrogens is 3. The summed E-state index contributed by atoms with van der Waals surface area (Å²) in [5, 5.41) is 15.3. The Hall–Kier alpha value is -2.53. The molecule has 2 fully saturated rings. The van der Waals surface area contributed by atoms with Crippen LogP contribution >= 0.6 is 0 Å². The van der Waals surface area contributed by atoms with Crippen LogP contribution in [0.25, 0.3) is 22.0 Å². The zero-order valence-corrected chi connectivity index (χ0v) is 19.3. The van der Waals surface area contributed by atoms with E-state index in [-0.39, 0.29) is 11.1 Å². The van der Waals surface area contributed by atoms with E-state index < -0.39 is 0 Å². The highest BCUT2D eigenvalue weighted by molar-refractivity contribution is 5.86. The van der Waals surface area contributed by atoms with Crippen LogP contribution in [0.3, 0.4) is 0 Å². The van der Waals surface area contributed by atoms with E-state index in [4.69, 9.17) is 0 Å². The van der Waals surface area contributed by atoms with Gasteiger partial charge in [-0.05, 0) is 83.0 Å². The standard InChI is InChI=1S/C26H33N5/c1-25(2)14-21(15-26(3,4)30-25)31(5)24-11-10-22(28-29-24)19-9-8-18-13-23(17-6-7-17)27-16-20(18)12-19/h8-13,16-17,21,30H,6-7,14-15H2,1-5H3. The van der Waals surface area contributed by atoms with E-state index in [1.54, 1.807) is 0 Å². The Balaban J connectivity index is 1.36. The predicted molar refractivity (Wildman–Crippen MR) is 127 cm³/mol. The number of rotatable bonds is 4. The van der Waals surface area contributed by atoms with Crippen LogP contribution in [-0.2, 0) is 0 Å². The van der Waals surface area contributed by atoms with Gasteiger partial charge in [-0.2, -0.15) is 0 Å². The molecule has 0 amide bonds. The van der Waals surface area contributed by atoms with Gasteiger partial charge in [-0.3, -0.25) is 4.98 Å². The maximum atomic E-state index is 4.67. The number of anilines is 1. The van der Waals surface area contributed by atoms with Crippen LogP contribution in [0.4, 0.5) is 5.82 Å². The predicted octanol–water partition coefficient (Wildman–Crippen LogP) is 5.31. The SMILES string of the molecule is CN(c1ccc(-c2ccc3cc(C4CC4)ncc3c2)nn1)C1CC(C)(C)NC(C)(C)C1. The Labute approximate surface area is 185 Å². The largest absolute Gasteiger partial charge is 0.355 e. The lowest BCUT2D eigenvalue weighted by Crippen LogP contribution is -2.62. The molecule has 1 N–H and O–H groups in total. The minimum atomic E-state index is 0.104. The van der Waals surface area contributed by atoms with Crippen molar-refractivity contribution in [1.82, 2.24) is 20.5 Å². The molecule has 0 bridgehead atoms. The number of hydrogen-bond donors (Lipinski definition) is 1. The summed E-state index contributed by atoms with van der Waals surface area (Å²) in [6.45, 7) is 9.13. The third-order valence-electron chi connectivity index (χ3n) is 6.76. The molecule has 0 spiro atoms. The van der Waals surface area contributed by atoms with E-state index >= 15 is 0 Å². The van der Waals surface area contributed by atoms with Crippen molar-refractivity contribution in [2.75, 3.05) is 11.9 Å². The lowest BCUT2D eigenvalue weighted by Gasteiger charge is -2.49. The van der Waals surface area contributed by atoms with Crippen molar-refractivity contribution in [2.45, 2.75) is 76.4 Å². The van der Waals surface area contributed by atoms with Crippen LogP contribution < -0.4 is 10.2 Å². The number of fused-ring (bicyclic) bond motifs is 1. The van der Waals surface area contributed by atoms with E-state index in [0.29, 0.717) is 12.0 Å². The van der Waals surface area contributed by atoms with Crippen LogP contribution in [0.2, 0.25) is 0 Å². The van der Waals surface area contributed by atoms with Gasteiger partial charge in [0.1, 0.15) is 0 Å². The summed E-state index contributed by atoms with van der Waals surface area (Å²) < 4.78 is 0. The molecule has 31 heavy (non-hydrogen) atoms. The lowest BCUT2D eigenvalue weighted by molar-refractivity contribution is 0.160. The zero-order valence-electron chi connectivity index (χ0n) is 19.3. The molecule has 0 radical (unpaired) electrons. The lowest BCUT2D eigenvalue weighted by atomic mass is 9.79. The van der Waals surface area contributed by atoms with Gasteiger partial charge < -0.3 is 10.2 Å². The molecule has 1 aliphatic carbocycles. The smallest absolute Gasteiger partial charge is 0.151 e. The van der Waals surface area contributed by atoms with Gasteiger partial charge in [0.15, 0.2) is 5.82 Å². The molecule has 162 valence electrons. The minimum absolute atomic E-state index is 0.104. The van der Waals surface area contributed by atoms with Crippen molar-refractivity contribution in [2.24, 2.45) is 0 Å². The summed E-state index contributed by atoms with van der Waals surface area (Å²) in [5.74, 6) is 1.61. The number of benzene rings is 1. The summed E-state index contributed by atoms with van der Waals surface area (Å²) in [5.41, 5.74) is 3.42. The highest BCUT2D eigenvalue weighted by Crippen LogP contribution is 2.40. The molecule has 1 aromatic carbocycles. The molecule has 1 saturated carbocycles. The molecule has 1 saturated heterocycles. The first kappa shape index (κ1) is 20.4. The molecule has 5 heteroatoms. The first-order valence-electron chi connectivity index (χ1n) is 11.5. The molecule has 3 heterocycles. The molecule has 0 unspecified atom stereocenters. The van der Waals surface area contributed by atoms with Gasteiger partial charge in [0.25, 0.3) is 0 Å². The van der Waals surface area contributed by atoms with Gasteiger partial charge in [-0.15, -0.1) is 10.2 Å². The Morgan fingerprint density at radius 1 is 0.903 bits per heavy atom. The summed E-state index contributed by atoms with van der Waals surface area (Å²) >= 11 is 0. The van der Waals surface area contributed by atoms with Crippen molar-refractivity contribution in [3.8, 4) is 11.3 Å². The zero-order chi connectivity index (χ0) is 21.8. The van der Waals surface area contributed by atoms with Crippen molar-refractivity contribution in [3.05, 3.63) is 48.3 Å². The van der Waals surface area contributed by atoms with Gasteiger partial charge in [0.2, 0.25) is 0 Å². The van der Waals surface area contributed by atoms with Crippen molar-refractivity contribution in [3.63, 3.8) is 0 Å². The van der Waals surface area contributed by atoms with Crippen LogP contribution in [0, 0.1) is 0 Å². The number of nitrogens with zero attached hydrogens (tertiary/aromatic N) is 4. The fourth-order valence-corrected chi connectivity index (χ4v) is 5.32. The highest BCUT2D eigenvalue weighted by atomic mass is 15.3. The second-order valence-corrected chi connectivity index (χ2v) is 10.8. The van der Waals surface area contributed by atoms with Crippen LogP contribution in [0.1, 0.15) is 65.0 Å². The van der Waals surface area contributed by atoms with E-state index in [0.717, 1.165) is 35.3 Å². The van der Waals surface area contributed by atoms with Gasteiger partial charge >= 0.3 is 0 Å². The summed E-state index contributed by atoms with van der Waals surface area (Å²) in [7, 11) is 2.14. The summed E-state index contributed by atoms with van der Waals surface area (Å²) in [4.78, 5) is 6.96. The minimum Gasteiger partial charge on any atom is -0.355 e. The van der Waals surface area contributed by atoms with E-state index in [1.165, 1.54) is 23.9 Å². The van der Waals surface area contributed by atoms with Gasteiger partial charge in [-0.25, -0.2) is 0 Å². The summed E-state index contributed by atoms with van der Waals surface area (Å²) in [6.07, 6.45) is 6.72. The molecule has 2 aliphatic rings. The van der Waals surface area contributed by atoms with Crippen molar-refractivity contribution >= 4 is 16.6 Å². The molecule has 1 aliphatic heterocycles. The fraction of sp³-hybridized carbons (Fsp3) is 0.500. The third-order valence-corrected chi connectivity index (χ3v) is 6.76. The van der Waals surface area contributed by atoms with Gasteiger partial charge in [0, 0.05) is 52.9 Å². The summed E-state index contributed by atoms with van der Waals surface area (Å²) in [6, 6.07) is 13.3. The Kier molecular flexibility index (Phi) is 4.78. The van der Waals surface area contributed by atoms with Crippen molar-refractivity contribution < 1.29 is 0 Å². The average molecular weight is 416 g/mol. The third kappa shape index (κ3) is 4.29. The number of pyridine rings is 1. The molecule has 5 nitrogen and oxygen atoms in total. The van der Waals surface area contributed by atoms with E-state index in [9.17, 15) is 0 Å². The monoisotopic (exact) mass is 415 g/mol. The van der Waals surface area contributed by atoms with Crippen molar-refractivity contribution in [1.29, 1.82) is 0 Å². The topological polar surface area (TPSA) is 53.9 Å².